The van der Waals surface area contributed by atoms with Gasteiger partial charge in [0.05, 0.1) is 0 Å². The zero-order chi connectivity index (χ0) is 18.0. The van der Waals surface area contributed by atoms with Gasteiger partial charge in [0.25, 0.3) is 5.91 Å². The summed E-state index contributed by atoms with van der Waals surface area (Å²) in [5.41, 5.74) is -1.40. The first-order valence-electron chi connectivity index (χ1n) is 8.60. The van der Waals surface area contributed by atoms with Gasteiger partial charge >= 0.3 is 6.03 Å². The molecule has 0 saturated carbocycles. The van der Waals surface area contributed by atoms with Gasteiger partial charge in [0.15, 0.2) is 0 Å². The zero-order valence-corrected chi connectivity index (χ0v) is 14.3. The molecule has 2 fully saturated rings. The molecule has 7 heteroatoms. The van der Waals surface area contributed by atoms with Crippen LogP contribution in [0.25, 0.3) is 0 Å². The fourth-order valence-corrected chi connectivity index (χ4v) is 3.45. The lowest BCUT2D eigenvalue weighted by atomic mass is 9.91. The van der Waals surface area contributed by atoms with Crippen LogP contribution in [0.4, 0.5) is 9.18 Å². The second-order valence-corrected chi connectivity index (χ2v) is 6.72. The maximum atomic E-state index is 14.1. The highest BCUT2D eigenvalue weighted by atomic mass is 19.1. The Bertz CT molecular complexity index is 701. The van der Waals surface area contributed by atoms with Gasteiger partial charge in [-0.2, -0.15) is 0 Å². The minimum Gasteiger partial charge on any atom is -0.341 e. The molecule has 1 atom stereocenters. The molecule has 4 amide bonds. The van der Waals surface area contributed by atoms with Crippen molar-refractivity contribution in [1.29, 1.82) is 0 Å². The number of amides is 4. The Balaban J connectivity index is 1.77. The van der Waals surface area contributed by atoms with E-state index in [-0.39, 0.29) is 18.0 Å². The average molecular weight is 347 g/mol. The molecular formula is C18H22FN3O3. The molecule has 2 saturated heterocycles. The summed E-state index contributed by atoms with van der Waals surface area (Å²) >= 11 is 0. The Morgan fingerprint density at radius 3 is 2.44 bits per heavy atom. The fourth-order valence-electron chi connectivity index (χ4n) is 3.45. The lowest BCUT2D eigenvalue weighted by Gasteiger charge is -2.24. The average Bonchev–Trinajstić information content (AvgIpc) is 2.81. The van der Waals surface area contributed by atoms with E-state index in [1.165, 1.54) is 25.1 Å². The topological polar surface area (TPSA) is 69.7 Å². The van der Waals surface area contributed by atoms with E-state index in [1.807, 2.05) is 0 Å². The number of rotatable bonds is 3. The molecule has 0 aromatic heterocycles. The Morgan fingerprint density at radius 1 is 1.16 bits per heavy atom. The molecule has 0 aliphatic carbocycles. The van der Waals surface area contributed by atoms with Crippen molar-refractivity contribution in [2.45, 2.75) is 38.1 Å². The minimum atomic E-state index is -1.50. The Hall–Kier alpha value is -2.44. The molecule has 134 valence electrons. The lowest BCUT2D eigenvalue weighted by molar-refractivity contribution is -0.138. The second kappa shape index (κ2) is 6.82. The Kier molecular flexibility index (Phi) is 4.74. The summed E-state index contributed by atoms with van der Waals surface area (Å²) in [6.45, 7) is 2.44. The lowest BCUT2D eigenvalue weighted by Crippen LogP contribution is -2.45. The number of carbonyl (C=O) groups is 3. The summed E-state index contributed by atoms with van der Waals surface area (Å²) in [5, 5.41) is 2.53. The standard InChI is InChI=1S/C18H22FN3O3/c1-18(13-8-4-5-9-14(13)19)16(24)22(17(25)20-18)12-15(23)21-10-6-2-3-7-11-21/h4-5,8-9H,2-3,6-7,10-12H2,1H3,(H,20,25)/t18-/m0/s1. The van der Waals surface area contributed by atoms with Crippen molar-refractivity contribution in [1.82, 2.24) is 15.1 Å². The van der Waals surface area contributed by atoms with E-state index >= 15 is 0 Å². The molecule has 3 rings (SSSR count). The third kappa shape index (κ3) is 3.23. The molecule has 0 bridgehead atoms. The van der Waals surface area contributed by atoms with Crippen LogP contribution >= 0.6 is 0 Å². The van der Waals surface area contributed by atoms with Crippen molar-refractivity contribution in [2.24, 2.45) is 0 Å². The summed E-state index contributed by atoms with van der Waals surface area (Å²) in [7, 11) is 0. The van der Waals surface area contributed by atoms with Crippen LogP contribution in [0.1, 0.15) is 38.2 Å². The predicted molar refractivity (Wildman–Crippen MR) is 89.0 cm³/mol. The van der Waals surface area contributed by atoms with Crippen LogP contribution in [0.15, 0.2) is 24.3 Å². The van der Waals surface area contributed by atoms with Gasteiger partial charge in [0.2, 0.25) is 5.91 Å². The number of urea groups is 1. The molecule has 1 aromatic rings. The van der Waals surface area contributed by atoms with Gasteiger partial charge < -0.3 is 10.2 Å². The summed E-state index contributed by atoms with van der Waals surface area (Å²) in [6.07, 6.45) is 4.02. The largest absolute Gasteiger partial charge is 0.341 e. The number of hydrogen-bond acceptors (Lipinski definition) is 3. The predicted octanol–water partition coefficient (Wildman–Crippen LogP) is 2.00. The van der Waals surface area contributed by atoms with E-state index in [9.17, 15) is 18.8 Å². The SMILES string of the molecule is C[C@@]1(c2ccccc2F)NC(=O)N(CC(=O)N2CCCCCC2)C1=O. The molecule has 2 heterocycles. The molecule has 0 spiro atoms. The van der Waals surface area contributed by atoms with Crippen molar-refractivity contribution >= 4 is 17.8 Å². The highest BCUT2D eigenvalue weighted by Crippen LogP contribution is 2.30. The van der Waals surface area contributed by atoms with Gasteiger partial charge in [-0.05, 0) is 25.8 Å². The van der Waals surface area contributed by atoms with Gasteiger partial charge in [0, 0.05) is 18.7 Å². The maximum absolute atomic E-state index is 14.1. The number of likely N-dealkylation sites (tertiary alicyclic amines) is 1. The van der Waals surface area contributed by atoms with Crippen molar-refractivity contribution in [3.05, 3.63) is 35.6 Å². The van der Waals surface area contributed by atoms with Crippen molar-refractivity contribution in [3.8, 4) is 0 Å². The van der Waals surface area contributed by atoms with E-state index < -0.39 is 23.3 Å². The van der Waals surface area contributed by atoms with E-state index in [2.05, 4.69) is 5.32 Å². The molecule has 0 radical (unpaired) electrons. The highest BCUT2D eigenvalue weighted by molar-refractivity contribution is 6.09. The number of benzene rings is 1. The first kappa shape index (κ1) is 17.4. The van der Waals surface area contributed by atoms with E-state index in [1.54, 1.807) is 11.0 Å². The van der Waals surface area contributed by atoms with Crippen molar-refractivity contribution < 1.29 is 18.8 Å². The number of nitrogens with one attached hydrogen (secondary N) is 1. The highest BCUT2D eigenvalue weighted by Gasteiger charge is 2.50. The molecule has 6 nitrogen and oxygen atoms in total. The molecule has 2 aliphatic rings. The smallest absolute Gasteiger partial charge is 0.325 e. The van der Waals surface area contributed by atoms with E-state index in [4.69, 9.17) is 0 Å². The summed E-state index contributed by atoms with van der Waals surface area (Å²) in [6, 6.07) is 5.16. The number of carbonyl (C=O) groups excluding carboxylic acids is 3. The first-order valence-corrected chi connectivity index (χ1v) is 8.60. The number of hydrogen-bond donors (Lipinski definition) is 1. The number of halogens is 1. The van der Waals surface area contributed by atoms with Crippen LogP contribution in [-0.2, 0) is 15.1 Å². The molecule has 1 N–H and O–H groups in total. The third-order valence-corrected chi connectivity index (χ3v) is 4.94. The van der Waals surface area contributed by atoms with Gasteiger partial charge in [-0.3, -0.25) is 14.5 Å². The van der Waals surface area contributed by atoms with Crippen LogP contribution in [0, 0.1) is 5.82 Å². The molecular weight excluding hydrogens is 325 g/mol. The molecule has 0 unspecified atom stereocenters. The van der Waals surface area contributed by atoms with Crippen molar-refractivity contribution in [2.75, 3.05) is 19.6 Å². The van der Waals surface area contributed by atoms with Crippen LogP contribution in [0.2, 0.25) is 0 Å². The van der Waals surface area contributed by atoms with Gasteiger partial charge in [-0.25, -0.2) is 9.18 Å². The van der Waals surface area contributed by atoms with Crippen LogP contribution in [0.3, 0.4) is 0 Å². The minimum absolute atomic E-state index is 0.0954. The molecule has 25 heavy (non-hydrogen) atoms. The van der Waals surface area contributed by atoms with Crippen LogP contribution in [-0.4, -0.2) is 47.3 Å². The summed E-state index contributed by atoms with van der Waals surface area (Å²) < 4.78 is 14.1. The van der Waals surface area contributed by atoms with Gasteiger partial charge in [-0.15, -0.1) is 0 Å². The second-order valence-electron chi connectivity index (χ2n) is 6.72. The van der Waals surface area contributed by atoms with Crippen molar-refractivity contribution in [3.63, 3.8) is 0 Å². The van der Waals surface area contributed by atoms with E-state index in [0.29, 0.717) is 13.1 Å². The normalized spacial score (nSPS) is 24.2. The van der Waals surface area contributed by atoms with Crippen LogP contribution < -0.4 is 5.32 Å². The van der Waals surface area contributed by atoms with Crippen LogP contribution in [0.5, 0.6) is 0 Å². The quantitative estimate of drug-likeness (QED) is 0.850. The van der Waals surface area contributed by atoms with Gasteiger partial charge in [0.1, 0.15) is 17.9 Å². The Morgan fingerprint density at radius 2 is 1.80 bits per heavy atom. The first-order chi connectivity index (χ1) is 11.9. The number of imide groups is 1. The Labute approximate surface area is 146 Å². The molecule has 2 aliphatic heterocycles. The monoisotopic (exact) mass is 347 g/mol. The summed E-state index contributed by atoms with van der Waals surface area (Å²) in [5.74, 6) is -1.42. The summed E-state index contributed by atoms with van der Waals surface area (Å²) in [4.78, 5) is 40.1. The maximum Gasteiger partial charge on any atom is 0.325 e. The zero-order valence-electron chi connectivity index (χ0n) is 14.3. The number of nitrogens with zero attached hydrogens (tertiary/aromatic N) is 2. The molecule has 1 aromatic carbocycles. The fraction of sp³-hybridized carbons (Fsp3) is 0.500. The van der Waals surface area contributed by atoms with E-state index in [0.717, 1.165) is 30.6 Å². The third-order valence-electron chi connectivity index (χ3n) is 4.94. The van der Waals surface area contributed by atoms with Gasteiger partial charge in [-0.1, -0.05) is 31.0 Å².